The maximum Gasteiger partial charge on any atom is 0.282 e. The van der Waals surface area contributed by atoms with Crippen LogP contribution in [-0.2, 0) is 4.79 Å². The molecule has 1 unspecified atom stereocenters. The number of hydrogen-bond donors (Lipinski definition) is 4. The van der Waals surface area contributed by atoms with Crippen molar-refractivity contribution in [2.75, 3.05) is 7.05 Å². The molecule has 3 aliphatic rings. The number of nitrogens with one attached hydrogen (secondary N) is 4. The van der Waals surface area contributed by atoms with Gasteiger partial charge in [0, 0.05) is 37.8 Å². The highest BCUT2D eigenvalue weighted by molar-refractivity contribution is 5.99. The molecule has 0 spiro atoms. The fraction of sp³-hybridized carbons (Fsp3) is 0.238. The maximum atomic E-state index is 13.0. The van der Waals surface area contributed by atoms with E-state index in [9.17, 15) is 9.59 Å². The van der Waals surface area contributed by atoms with Crippen LogP contribution in [0.15, 0.2) is 76.2 Å². The Kier molecular flexibility index (Phi) is 4.66. The average molecular weight is 418 g/mol. The van der Waals surface area contributed by atoms with E-state index in [-0.39, 0.29) is 29.4 Å². The minimum atomic E-state index is -0.293. The summed E-state index contributed by atoms with van der Waals surface area (Å²) in [6.45, 7) is 0. The summed E-state index contributed by atoms with van der Waals surface area (Å²) in [5.74, 6) is 0.799. The Labute approximate surface area is 178 Å². The predicted octanol–water partition coefficient (Wildman–Crippen LogP) is 0.235. The molecule has 0 radical (unpaired) electrons. The third-order valence-electron chi connectivity index (χ3n) is 5.22. The monoisotopic (exact) mass is 418 g/mol. The fourth-order valence-corrected chi connectivity index (χ4v) is 3.48. The Morgan fingerprint density at radius 2 is 2.13 bits per heavy atom. The Balaban J connectivity index is 1.46. The first-order chi connectivity index (χ1) is 15.1. The lowest BCUT2D eigenvalue weighted by atomic mass is 10.2. The molecule has 1 amide bonds. The summed E-state index contributed by atoms with van der Waals surface area (Å²) in [6.07, 6.45) is 8.52. The number of nitrogens with zero attached hydrogens (tertiary/aromatic N) is 4. The highest BCUT2D eigenvalue weighted by atomic mass is 16.2. The zero-order valence-electron chi connectivity index (χ0n) is 16.9. The SMILES string of the molecule is CNC1=CC(=Nc2cccn(-c3ccccn3)c2=O)NN2C(C(=O)NC3CC3)=CNC12. The van der Waals surface area contributed by atoms with Crippen molar-refractivity contribution in [3.8, 4) is 5.82 Å². The number of hydrazine groups is 1. The highest BCUT2D eigenvalue weighted by Gasteiger charge is 2.37. The molecule has 158 valence electrons. The lowest BCUT2D eigenvalue weighted by Gasteiger charge is -2.34. The van der Waals surface area contributed by atoms with E-state index in [1.807, 2.05) is 6.07 Å². The van der Waals surface area contributed by atoms with E-state index in [0.29, 0.717) is 17.4 Å². The summed E-state index contributed by atoms with van der Waals surface area (Å²) in [7, 11) is 1.80. The number of aromatic nitrogens is 2. The van der Waals surface area contributed by atoms with E-state index in [0.717, 1.165) is 18.5 Å². The zero-order chi connectivity index (χ0) is 21.4. The molecule has 1 atom stereocenters. The van der Waals surface area contributed by atoms with Crippen LogP contribution < -0.4 is 26.9 Å². The van der Waals surface area contributed by atoms with Gasteiger partial charge in [-0.25, -0.2) is 9.98 Å². The summed E-state index contributed by atoms with van der Waals surface area (Å²) < 4.78 is 1.44. The summed E-state index contributed by atoms with van der Waals surface area (Å²) >= 11 is 0. The molecule has 4 heterocycles. The van der Waals surface area contributed by atoms with Crippen LogP contribution in [-0.4, -0.2) is 45.6 Å². The van der Waals surface area contributed by atoms with Crippen molar-refractivity contribution in [1.82, 2.24) is 35.9 Å². The Hall–Kier alpha value is -4.08. The zero-order valence-corrected chi connectivity index (χ0v) is 16.9. The second-order valence-electron chi connectivity index (χ2n) is 7.43. The number of hydrogen-bond acceptors (Lipinski definition) is 7. The van der Waals surface area contributed by atoms with Gasteiger partial charge in [-0.1, -0.05) is 6.07 Å². The van der Waals surface area contributed by atoms with Gasteiger partial charge in [0.1, 0.15) is 23.0 Å². The molecule has 31 heavy (non-hydrogen) atoms. The van der Waals surface area contributed by atoms with E-state index >= 15 is 0 Å². The Morgan fingerprint density at radius 1 is 1.26 bits per heavy atom. The van der Waals surface area contributed by atoms with Gasteiger partial charge in [0.25, 0.3) is 11.5 Å². The van der Waals surface area contributed by atoms with Crippen LogP contribution >= 0.6 is 0 Å². The first-order valence-corrected chi connectivity index (χ1v) is 10.1. The second kappa shape index (κ2) is 7.63. The summed E-state index contributed by atoms with van der Waals surface area (Å²) in [5, 5.41) is 11.0. The van der Waals surface area contributed by atoms with Crippen LogP contribution in [0.25, 0.3) is 5.82 Å². The topological polar surface area (TPSA) is 116 Å². The van der Waals surface area contributed by atoms with Crippen LogP contribution in [0.1, 0.15) is 12.8 Å². The number of amides is 1. The van der Waals surface area contributed by atoms with Crippen molar-refractivity contribution in [2.24, 2.45) is 4.99 Å². The first-order valence-electron chi connectivity index (χ1n) is 10.1. The van der Waals surface area contributed by atoms with Crippen molar-refractivity contribution in [3.63, 3.8) is 0 Å². The number of aliphatic imine (C=N–C) groups is 1. The van der Waals surface area contributed by atoms with E-state index < -0.39 is 0 Å². The van der Waals surface area contributed by atoms with Gasteiger partial charge in [0.15, 0.2) is 6.17 Å². The molecule has 0 bridgehead atoms. The first kappa shape index (κ1) is 18.9. The number of rotatable bonds is 5. The molecule has 1 aliphatic carbocycles. The van der Waals surface area contributed by atoms with Crippen molar-refractivity contribution in [1.29, 1.82) is 0 Å². The minimum absolute atomic E-state index is 0.154. The number of carbonyl (C=O) groups excluding carboxylic acids is 1. The summed E-state index contributed by atoms with van der Waals surface area (Å²) in [4.78, 5) is 34.4. The molecule has 1 fully saturated rings. The number of amidine groups is 1. The van der Waals surface area contributed by atoms with Crippen LogP contribution in [0, 0.1) is 0 Å². The second-order valence-corrected chi connectivity index (χ2v) is 7.43. The summed E-state index contributed by atoms with van der Waals surface area (Å²) in [6, 6.07) is 9.01. The number of pyridine rings is 2. The van der Waals surface area contributed by atoms with Crippen LogP contribution in [0.5, 0.6) is 0 Å². The molecule has 2 aliphatic heterocycles. The van der Waals surface area contributed by atoms with E-state index in [4.69, 9.17) is 0 Å². The minimum Gasteiger partial charge on any atom is -0.388 e. The standard InChI is InChI=1S/C21H22N8O2/c1-22-15-11-17(27-29-16(12-24-19(15)29)20(30)25-13-7-8-13)26-14-5-4-10-28(21(14)31)18-6-2-3-9-23-18/h2-6,9-13,19,22,24H,7-8H2,1H3,(H,25,30)(H,26,27). The van der Waals surface area contributed by atoms with Gasteiger partial charge in [-0.15, -0.1) is 0 Å². The van der Waals surface area contributed by atoms with Gasteiger partial charge < -0.3 is 16.0 Å². The molecule has 10 nitrogen and oxygen atoms in total. The maximum absolute atomic E-state index is 13.0. The Bertz CT molecular complexity index is 1160. The quantitative estimate of drug-likeness (QED) is 0.550. The smallest absolute Gasteiger partial charge is 0.282 e. The van der Waals surface area contributed by atoms with Crippen molar-refractivity contribution in [2.45, 2.75) is 25.0 Å². The third kappa shape index (κ3) is 3.63. The van der Waals surface area contributed by atoms with Crippen molar-refractivity contribution in [3.05, 3.63) is 76.7 Å². The highest BCUT2D eigenvalue weighted by Crippen LogP contribution is 2.24. The lowest BCUT2D eigenvalue weighted by Crippen LogP contribution is -2.56. The third-order valence-corrected chi connectivity index (χ3v) is 5.22. The van der Waals surface area contributed by atoms with Crippen LogP contribution in [0.2, 0.25) is 0 Å². The molecule has 0 aromatic carbocycles. The summed E-state index contributed by atoms with van der Waals surface area (Å²) in [5.41, 5.74) is 4.38. The molecular formula is C21H22N8O2. The van der Waals surface area contributed by atoms with Gasteiger partial charge >= 0.3 is 0 Å². The fourth-order valence-electron chi connectivity index (χ4n) is 3.48. The number of likely N-dealkylation sites (N-methyl/N-ethyl adjacent to an activating group) is 1. The molecule has 0 saturated heterocycles. The molecule has 5 rings (SSSR count). The van der Waals surface area contributed by atoms with Gasteiger partial charge in [-0.2, -0.15) is 0 Å². The molecular weight excluding hydrogens is 396 g/mol. The van der Waals surface area contributed by atoms with E-state index in [1.165, 1.54) is 4.57 Å². The molecule has 1 saturated carbocycles. The van der Waals surface area contributed by atoms with Gasteiger partial charge in [0.05, 0.1) is 5.70 Å². The molecule has 2 aromatic rings. The van der Waals surface area contributed by atoms with Gasteiger partial charge in [-0.05, 0) is 37.1 Å². The van der Waals surface area contributed by atoms with Crippen molar-refractivity contribution < 1.29 is 4.79 Å². The van der Waals surface area contributed by atoms with Gasteiger partial charge in [-0.3, -0.25) is 24.6 Å². The number of fused-ring (bicyclic) bond motifs is 1. The molecule has 10 heteroatoms. The van der Waals surface area contributed by atoms with E-state index in [1.54, 1.807) is 61.0 Å². The molecule has 4 N–H and O–H groups in total. The lowest BCUT2D eigenvalue weighted by molar-refractivity contribution is -0.119. The average Bonchev–Trinajstić information content (AvgIpc) is 3.50. The normalized spacial score (nSPS) is 20.9. The van der Waals surface area contributed by atoms with E-state index in [2.05, 4.69) is 31.4 Å². The number of carbonyl (C=O) groups is 1. The van der Waals surface area contributed by atoms with Gasteiger partial charge in [0.2, 0.25) is 0 Å². The van der Waals surface area contributed by atoms with Crippen LogP contribution in [0.3, 0.4) is 0 Å². The van der Waals surface area contributed by atoms with Crippen molar-refractivity contribution >= 4 is 17.4 Å². The van der Waals surface area contributed by atoms with Crippen LogP contribution in [0.4, 0.5) is 5.69 Å². The molecule has 2 aromatic heterocycles. The Morgan fingerprint density at radius 3 is 2.87 bits per heavy atom. The predicted molar refractivity (Wildman–Crippen MR) is 115 cm³/mol. The largest absolute Gasteiger partial charge is 0.388 e.